The van der Waals surface area contributed by atoms with Gasteiger partial charge in [-0.1, -0.05) is 167 Å². The first-order valence-corrected chi connectivity index (χ1v) is 18.3. The summed E-state index contributed by atoms with van der Waals surface area (Å²) < 4.78 is 0. The van der Waals surface area contributed by atoms with Crippen LogP contribution >= 0.6 is 0 Å². The summed E-state index contributed by atoms with van der Waals surface area (Å²) in [4.78, 5) is 0. The Morgan fingerprint density at radius 2 is 0.725 bits per heavy atom. The second-order valence-corrected chi connectivity index (χ2v) is 15.8. The molecule has 0 N–H and O–H groups in total. The maximum atomic E-state index is 2.49. The Kier molecular flexibility index (Phi) is 6.29. The third-order valence-electron chi connectivity index (χ3n) is 12.2. The zero-order valence-electron chi connectivity index (χ0n) is 29.9. The zero-order chi connectivity index (χ0) is 34.6. The van der Waals surface area contributed by atoms with Crippen molar-refractivity contribution in [3.05, 3.63) is 179 Å². The highest BCUT2D eigenvalue weighted by Gasteiger charge is 2.37. The minimum Gasteiger partial charge on any atom is -0.0619 e. The lowest BCUT2D eigenvalue weighted by Crippen LogP contribution is -2.15. The fourth-order valence-electron chi connectivity index (χ4n) is 9.45. The van der Waals surface area contributed by atoms with Crippen LogP contribution in [0.5, 0.6) is 0 Å². The molecule has 0 saturated heterocycles. The van der Waals surface area contributed by atoms with Gasteiger partial charge in [0.15, 0.2) is 0 Å². The van der Waals surface area contributed by atoms with Gasteiger partial charge in [0, 0.05) is 10.8 Å². The van der Waals surface area contributed by atoms with Crippen molar-refractivity contribution in [2.75, 3.05) is 0 Å². The number of benzene rings is 8. The highest BCUT2D eigenvalue weighted by Crippen LogP contribution is 2.53. The predicted octanol–water partition coefficient (Wildman–Crippen LogP) is 13.9. The van der Waals surface area contributed by atoms with E-state index in [9.17, 15) is 0 Å². The van der Waals surface area contributed by atoms with E-state index in [-0.39, 0.29) is 10.8 Å². The SMILES string of the molecule is Cc1ccc(-c2ccc3c(-c4ccc5c(c4)C(C)(C)c4ccccc4-5)c4ccccc4c(-c4ccc5c(c4)C(C)(C)c4ccccc4-5)c3c2)cc1. The highest BCUT2D eigenvalue weighted by molar-refractivity contribution is 6.22. The molecule has 0 radical (unpaired) electrons. The van der Waals surface area contributed by atoms with Gasteiger partial charge in [-0.05, 0) is 125 Å². The van der Waals surface area contributed by atoms with Crippen molar-refractivity contribution < 1.29 is 0 Å². The molecule has 0 aromatic heterocycles. The summed E-state index contributed by atoms with van der Waals surface area (Å²) in [7, 11) is 0. The molecule has 0 atom stereocenters. The standard InChI is InChI=1S/C51H40/c1-31-18-20-32(21-19-31)33-22-27-42-43(28-33)49(35-24-26-39-37-13-9-11-17-45(37)51(4,5)47(39)30-35)41-15-7-6-14-40(41)48(42)34-23-25-38-36-12-8-10-16-44(36)50(2,3)46(38)29-34/h6-30H,1-5H3. The molecule has 2 aliphatic carbocycles. The molecule has 2 aliphatic rings. The summed E-state index contributed by atoms with van der Waals surface area (Å²) in [5.74, 6) is 0. The number of fused-ring (bicyclic) bond motifs is 8. The molecule has 244 valence electrons. The molecule has 0 saturated carbocycles. The monoisotopic (exact) mass is 652 g/mol. The largest absolute Gasteiger partial charge is 0.0619 e. The van der Waals surface area contributed by atoms with E-state index >= 15 is 0 Å². The lowest BCUT2D eigenvalue weighted by molar-refractivity contribution is 0.660. The van der Waals surface area contributed by atoms with Gasteiger partial charge in [0.25, 0.3) is 0 Å². The maximum absolute atomic E-state index is 2.49. The minimum absolute atomic E-state index is 0.0686. The van der Waals surface area contributed by atoms with Gasteiger partial charge in [-0.25, -0.2) is 0 Å². The second-order valence-electron chi connectivity index (χ2n) is 15.8. The van der Waals surface area contributed by atoms with Gasteiger partial charge in [0.2, 0.25) is 0 Å². The van der Waals surface area contributed by atoms with E-state index in [2.05, 4.69) is 186 Å². The fraction of sp³-hybridized carbons (Fsp3) is 0.137. The van der Waals surface area contributed by atoms with Gasteiger partial charge in [-0.2, -0.15) is 0 Å². The van der Waals surface area contributed by atoms with Crippen molar-refractivity contribution in [2.45, 2.75) is 45.4 Å². The lowest BCUT2D eigenvalue weighted by Gasteiger charge is -2.24. The average Bonchev–Trinajstić information content (AvgIpc) is 3.53. The van der Waals surface area contributed by atoms with Crippen molar-refractivity contribution in [3.63, 3.8) is 0 Å². The molecule has 8 aromatic rings. The second kappa shape index (κ2) is 10.6. The molecule has 0 bridgehead atoms. The Morgan fingerprint density at radius 1 is 0.314 bits per heavy atom. The molecule has 0 spiro atoms. The van der Waals surface area contributed by atoms with E-state index in [1.165, 1.54) is 105 Å². The summed E-state index contributed by atoms with van der Waals surface area (Å²) in [5, 5.41) is 5.16. The summed E-state index contributed by atoms with van der Waals surface area (Å²) in [6.45, 7) is 11.7. The Morgan fingerprint density at radius 3 is 1.27 bits per heavy atom. The molecular weight excluding hydrogens is 613 g/mol. The lowest BCUT2D eigenvalue weighted by atomic mass is 9.79. The molecule has 0 heterocycles. The van der Waals surface area contributed by atoms with Crippen LogP contribution in [-0.4, -0.2) is 0 Å². The van der Waals surface area contributed by atoms with Gasteiger partial charge in [0.1, 0.15) is 0 Å². The van der Waals surface area contributed by atoms with Crippen LogP contribution in [-0.2, 0) is 10.8 Å². The summed E-state index contributed by atoms with van der Waals surface area (Å²) in [5.41, 5.74) is 19.8. The molecule has 0 heteroatoms. The number of hydrogen-bond acceptors (Lipinski definition) is 0. The van der Waals surface area contributed by atoms with E-state index in [4.69, 9.17) is 0 Å². The first kappa shape index (κ1) is 30.1. The van der Waals surface area contributed by atoms with Crippen LogP contribution in [0.15, 0.2) is 152 Å². The van der Waals surface area contributed by atoms with Crippen molar-refractivity contribution in [3.8, 4) is 55.6 Å². The van der Waals surface area contributed by atoms with Crippen LogP contribution in [0.2, 0.25) is 0 Å². The third kappa shape index (κ3) is 4.26. The van der Waals surface area contributed by atoms with Gasteiger partial charge in [-0.3, -0.25) is 0 Å². The van der Waals surface area contributed by atoms with Gasteiger partial charge >= 0.3 is 0 Å². The Hall–Kier alpha value is -5.72. The summed E-state index contributed by atoms with van der Waals surface area (Å²) in [6, 6.07) is 57.5. The molecular formula is C51H40. The van der Waals surface area contributed by atoms with E-state index in [0.717, 1.165) is 0 Å². The predicted molar refractivity (Wildman–Crippen MR) is 218 cm³/mol. The quantitative estimate of drug-likeness (QED) is 0.167. The smallest absolute Gasteiger partial charge is 0.0159 e. The van der Waals surface area contributed by atoms with Gasteiger partial charge < -0.3 is 0 Å². The van der Waals surface area contributed by atoms with Crippen molar-refractivity contribution in [1.82, 2.24) is 0 Å². The fourth-order valence-corrected chi connectivity index (χ4v) is 9.45. The molecule has 0 unspecified atom stereocenters. The molecule has 0 nitrogen and oxygen atoms in total. The highest BCUT2D eigenvalue weighted by atomic mass is 14.4. The van der Waals surface area contributed by atoms with Crippen LogP contribution in [0.25, 0.3) is 77.2 Å². The number of hydrogen-bond donors (Lipinski definition) is 0. The first-order valence-electron chi connectivity index (χ1n) is 18.3. The van der Waals surface area contributed by atoms with Crippen LogP contribution < -0.4 is 0 Å². The van der Waals surface area contributed by atoms with E-state index < -0.39 is 0 Å². The summed E-state index contributed by atoms with van der Waals surface area (Å²) >= 11 is 0. The van der Waals surface area contributed by atoms with Crippen LogP contribution in [0.1, 0.15) is 55.5 Å². The minimum atomic E-state index is -0.0741. The van der Waals surface area contributed by atoms with Crippen LogP contribution in [0.3, 0.4) is 0 Å². The number of aryl methyl sites for hydroxylation is 1. The van der Waals surface area contributed by atoms with Crippen molar-refractivity contribution in [1.29, 1.82) is 0 Å². The molecule has 0 amide bonds. The topological polar surface area (TPSA) is 0 Å². The van der Waals surface area contributed by atoms with Crippen molar-refractivity contribution in [2.24, 2.45) is 0 Å². The third-order valence-corrected chi connectivity index (χ3v) is 12.2. The number of rotatable bonds is 3. The molecule has 10 rings (SSSR count). The van der Waals surface area contributed by atoms with E-state index in [1.54, 1.807) is 0 Å². The molecule has 0 fully saturated rings. The summed E-state index contributed by atoms with van der Waals surface area (Å²) in [6.07, 6.45) is 0. The molecule has 8 aromatic carbocycles. The van der Waals surface area contributed by atoms with Gasteiger partial charge in [-0.15, -0.1) is 0 Å². The van der Waals surface area contributed by atoms with Crippen molar-refractivity contribution >= 4 is 21.5 Å². The molecule has 0 aliphatic heterocycles. The normalized spacial score (nSPS) is 14.7. The zero-order valence-corrected chi connectivity index (χ0v) is 29.9. The average molecular weight is 653 g/mol. The first-order chi connectivity index (χ1) is 24.7. The Labute approximate surface area is 301 Å². The Balaban J connectivity index is 1.27. The van der Waals surface area contributed by atoms with Crippen LogP contribution in [0.4, 0.5) is 0 Å². The Bertz CT molecular complexity index is 2740. The van der Waals surface area contributed by atoms with Gasteiger partial charge in [0.05, 0.1) is 0 Å². The van der Waals surface area contributed by atoms with Crippen LogP contribution in [0, 0.1) is 6.92 Å². The maximum Gasteiger partial charge on any atom is 0.0159 e. The van der Waals surface area contributed by atoms with E-state index in [1.807, 2.05) is 0 Å². The molecule has 51 heavy (non-hydrogen) atoms. The van der Waals surface area contributed by atoms with E-state index in [0.29, 0.717) is 0 Å².